The minimum atomic E-state index is -0.109. The van der Waals surface area contributed by atoms with Crippen LogP contribution in [0.4, 0.5) is 0 Å². The predicted molar refractivity (Wildman–Crippen MR) is 86.6 cm³/mol. The van der Waals surface area contributed by atoms with Crippen molar-refractivity contribution in [3.05, 3.63) is 44.9 Å². The van der Waals surface area contributed by atoms with Gasteiger partial charge in [-0.3, -0.25) is 0 Å². The fourth-order valence-corrected chi connectivity index (χ4v) is 3.25. The summed E-state index contributed by atoms with van der Waals surface area (Å²) in [5, 5.41) is 7.10. The number of methoxy groups -OCH3 is 2. The minimum absolute atomic E-state index is 0.109. The van der Waals surface area contributed by atoms with Crippen molar-refractivity contribution in [3.63, 3.8) is 0 Å². The second kappa shape index (κ2) is 7.75. The Morgan fingerprint density at radius 1 is 1.38 bits per heavy atom. The molecule has 0 spiro atoms. The summed E-state index contributed by atoms with van der Waals surface area (Å²) >= 11 is 8.01. The van der Waals surface area contributed by atoms with Gasteiger partial charge in [-0.05, 0) is 19.1 Å². The van der Waals surface area contributed by atoms with Gasteiger partial charge < -0.3 is 14.8 Å². The molecule has 0 saturated carbocycles. The summed E-state index contributed by atoms with van der Waals surface area (Å²) in [6.07, 6.45) is 0. The zero-order valence-electron chi connectivity index (χ0n) is 12.4. The molecule has 2 rings (SSSR count). The van der Waals surface area contributed by atoms with E-state index in [-0.39, 0.29) is 6.04 Å². The maximum Gasteiger partial charge on any atom is 0.125 e. The number of thiazole rings is 1. The van der Waals surface area contributed by atoms with Gasteiger partial charge in [-0.2, -0.15) is 0 Å². The van der Waals surface area contributed by atoms with Crippen LogP contribution in [0.1, 0.15) is 22.3 Å². The van der Waals surface area contributed by atoms with Gasteiger partial charge >= 0.3 is 0 Å². The lowest BCUT2D eigenvalue weighted by atomic mass is 10.1. The van der Waals surface area contributed by atoms with Gasteiger partial charge in [0.2, 0.25) is 0 Å². The first-order chi connectivity index (χ1) is 10.2. The lowest BCUT2D eigenvalue weighted by molar-refractivity contribution is 0.197. The third-order valence-corrected chi connectivity index (χ3v) is 4.42. The van der Waals surface area contributed by atoms with E-state index in [2.05, 4.69) is 10.3 Å². The minimum Gasteiger partial charge on any atom is -0.496 e. The number of ether oxygens (including phenoxy) is 2. The number of aromatic nitrogens is 1. The van der Waals surface area contributed by atoms with E-state index in [4.69, 9.17) is 21.1 Å². The molecule has 0 aliphatic heterocycles. The predicted octanol–water partition coefficient (Wildman–Crippen LogP) is 3.44. The highest BCUT2D eigenvalue weighted by atomic mass is 35.5. The van der Waals surface area contributed by atoms with Crippen LogP contribution in [0.3, 0.4) is 0 Å². The van der Waals surface area contributed by atoms with Crippen LogP contribution in [0.5, 0.6) is 5.75 Å². The molecule has 1 heterocycles. The number of nitrogens with one attached hydrogen (secondary N) is 1. The summed E-state index contributed by atoms with van der Waals surface area (Å²) in [5.74, 6) is 0.755. The number of halogens is 1. The highest BCUT2D eigenvalue weighted by Crippen LogP contribution is 2.36. The standard InChI is InChI=1S/C15H19ClN2O2S/c1-10-9-21-15(18-10)14(17-7-8-19-2)13-11(16)5-4-6-12(13)20-3/h4-6,9,14,17H,7-8H2,1-3H3. The first kappa shape index (κ1) is 16.2. The van der Waals surface area contributed by atoms with Gasteiger partial charge in [-0.15, -0.1) is 11.3 Å². The lowest BCUT2D eigenvalue weighted by Crippen LogP contribution is -2.26. The molecule has 1 aromatic carbocycles. The summed E-state index contributed by atoms with van der Waals surface area (Å²) in [7, 11) is 3.33. The van der Waals surface area contributed by atoms with Crippen molar-refractivity contribution in [2.75, 3.05) is 27.4 Å². The Balaban J connectivity index is 2.39. The van der Waals surface area contributed by atoms with Crippen molar-refractivity contribution in [3.8, 4) is 5.75 Å². The maximum atomic E-state index is 6.40. The molecular weight excluding hydrogens is 308 g/mol. The number of benzene rings is 1. The molecule has 0 fully saturated rings. The molecule has 0 aliphatic rings. The summed E-state index contributed by atoms with van der Waals surface area (Å²) < 4.78 is 10.6. The molecule has 1 atom stereocenters. The van der Waals surface area contributed by atoms with Gasteiger partial charge in [0.05, 0.1) is 19.8 Å². The van der Waals surface area contributed by atoms with E-state index in [0.717, 1.165) is 22.0 Å². The lowest BCUT2D eigenvalue weighted by Gasteiger charge is -2.20. The second-order valence-electron chi connectivity index (χ2n) is 4.56. The molecule has 2 aromatic rings. The van der Waals surface area contributed by atoms with Gasteiger partial charge in [-0.1, -0.05) is 17.7 Å². The monoisotopic (exact) mass is 326 g/mol. The van der Waals surface area contributed by atoms with Crippen LogP contribution in [0, 0.1) is 6.92 Å². The first-order valence-corrected chi connectivity index (χ1v) is 7.90. The Morgan fingerprint density at radius 2 is 2.19 bits per heavy atom. The Bertz CT molecular complexity index is 589. The number of nitrogens with zero attached hydrogens (tertiary/aromatic N) is 1. The molecule has 0 saturated heterocycles. The molecule has 0 radical (unpaired) electrons. The maximum absolute atomic E-state index is 6.40. The third-order valence-electron chi connectivity index (χ3n) is 3.06. The summed E-state index contributed by atoms with van der Waals surface area (Å²) in [6, 6.07) is 5.55. The average Bonchev–Trinajstić information content (AvgIpc) is 2.90. The van der Waals surface area contributed by atoms with E-state index in [1.807, 2.05) is 30.5 Å². The zero-order valence-corrected chi connectivity index (χ0v) is 13.9. The highest BCUT2D eigenvalue weighted by molar-refractivity contribution is 7.09. The van der Waals surface area contributed by atoms with Crippen LogP contribution in [0.25, 0.3) is 0 Å². The molecule has 0 bridgehead atoms. The van der Waals surface area contributed by atoms with E-state index >= 15 is 0 Å². The van der Waals surface area contributed by atoms with E-state index in [1.165, 1.54) is 0 Å². The van der Waals surface area contributed by atoms with Gasteiger partial charge in [-0.25, -0.2) is 4.98 Å². The Labute approximate surface area is 134 Å². The van der Waals surface area contributed by atoms with Crippen LogP contribution in [0.15, 0.2) is 23.6 Å². The number of rotatable bonds is 7. The highest BCUT2D eigenvalue weighted by Gasteiger charge is 2.23. The van der Waals surface area contributed by atoms with E-state index in [0.29, 0.717) is 18.2 Å². The molecule has 0 aliphatic carbocycles. The molecule has 1 unspecified atom stereocenters. The van der Waals surface area contributed by atoms with Gasteiger partial charge in [0.1, 0.15) is 10.8 Å². The van der Waals surface area contributed by atoms with Gasteiger partial charge in [0.25, 0.3) is 0 Å². The Kier molecular flexibility index (Phi) is 5.99. The smallest absolute Gasteiger partial charge is 0.125 e. The van der Waals surface area contributed by atoms with Crippen molar-refractivity contribution < 1.29 is 9.47 Å². The largest absolute Gasteiger partial charge is 0.496 e. The van der Waals surface area contributed by atoms with Crippen LogP contribution in [-0.2, 0) is 4.74 Å². The first-order valence-electron chi connectivity index (χ1n) is 6.64. The molecule has 0 amide bonds. The number of hydrogen-bond donors (Lipinski definition) is 1. The van der Waals surface area contributed by atoms with Crippen molar-refractivity contribution in [1.29, 1.82) is 0 Å². The summed E-state index contributed by atoms with van der Waals surface area (Å²) in [4.78, 5) is 4.58. The Morgan fingerprint density at radius 3 is 2.81 bits per heavy atom. The summed E-state index contributed by atoms with van der Waals surface area (Å²) in [5.41, 5.74) is 1.91. The topological polar surface area (TPSA) is 43.4 Å². The molecule has 6 heteroatoms. The van der Waals surface area contributed by atoms with Crippen molar-refractivity contribution in [2.24, 2.45) is 0 Å². The molecular formula is C15H19ClN2O2S. The number of aryl methyl sites for hydroxylation is 1. The molecule has 114 valence electrons. The van der Waals surface area contributed by atoms with Gasteiger partial charge in [0.15, 0.2) is 0 Å². The molecule has 21 heavy (non-hydrogen) atoms. The third kappa shape index (κ3) is 3.95. The van der Waals surface area contributed by atoms with E-state index < -0.39 is 0 Å². The van der Waals surface area contributed by atoms with Crippen molar-refractivity contribution >= 4 is 22.9 Å². The fraction of sp³-hybridized carbons (Fsp3) is 0.400. The van der Waals surface area contributed by atoms with Crippen LogP contribution >= 0.6 is 22.9 Å². The fourth-order valence-electron chi connectivity index (χ4n) is 2.10. The molecule has 1 aromatic heterocycles. The second-order valence-corrected chi connectivity index (χ2v) is 5.86. The quantitative estimate of drug-likeness (QED) is 0.792. The SMILES string of the molecule is COCCNC(c1nc(C)cs1)c1c(Cl)cccc1OC. The Hall–Kier alpha value is -1.14. The van der Waals surface area contributed by atoms with Crippen molar-refractivity contribution in [2.45, 2.75) is 13.0 Å². The zero-order chi connectivity index (χ0) is 15.2. The molecule has 1 N–H and O–H groups in total. The van der Waals surface area contributed by atoms with Crippen LogP contribution < -0.4 is 10.1 Å². The van der Waals surface area contributed by atoms with Crippen LogP contribution in [-0.4, -0.2) is 32.4 Å². The normalized spacial score (nSPS) is 12.4. The van der Waals surface area contributed by atoms with Crippen LogP contribution in [0.2, 0.25) is 5.02 Å². The van der Waals surface area contributed by atoms with Crippen molar-refractivity contribution in [1.82, 2.24) is 10.3 Å². The van der Waals surface area contributed by atoms with E-state index in [1.54, 1.807) is 25.6 Å². The average molecular weight is 327 g/mol. The molecule has 4 nitrogen and oxygen atoms in total. The van der Waals surface area contributed by atoms with Gasteiger partial charge in [0, 0.05) is 35.3 Å². The summed E-state index contributed by atoms with van der Waals surface area (Å²) in [6.45, 7) is 3.30. The van der Waals surface area contributed by atoms with E-state index in [9.17, 15) is 0 Å². The number of hydrogen-bond acceptors (Lipinski definition) is 5.